The van der Waals surface area contributed by atoms with Crippen molar-refractivity contribution >= 4 is 0 Å². The lowest BCUT2D eigenvalue weighted by molar-refractivity contribution is 0.684. The minimum Gasteiger partial charge on any atom is -0.204 e. The molecule has 0 aliphatic rings. The summed E-state index contributed by atoms with van der Waals surface area (Å²) in [5.74, 6) is 0. The van der Waals surface area contributed by atoms with Crippen LogP contribution in [0.5, 0.6) is 0 Å². The lowest BCUT2D eigenvalue weighted by Crippen LogP contribution is -1.32. The van der Waals surface area contributed by atoms with Gasteiger partial charge in [-0.05, 0) is 6.08 Å². The number of halogens is 1. The predicted molar refractivity (Wildman–Crippen MR) is 19.1 cm³/mol. The maximum Gasteiger partial charge on any atom is 0.158 e. The maximum atomic E-state index is 10.6. The van der Waals surface area contributed by atoms with E-state index in [9.17, 15) is 4.39 Å². The smallest absolute Gasteiger partial charge is 0.158 e. The molecule has 1 radical (unpaired) electrons. The van der Waals surface area contributed by atoms with Crippen LogP contribution in [0.4, 0.5) is 4.39 Å². The molecule has 0 aliphatic carbocycles. The maximum absolute atomic E-state index is 10.6. The van der Waals surface area contributed by atoms with E-state index in [0.717, 1.165) is 6.08 Å². The second-order valence-corrected chi connectivity index (χ2v) is 0.511. The third kappa shape index (κ3) is 3.41. The van der Waals surface area contributed by atoms with Crippen molar-refractivity contribution in [3.8, 4) is 0 Å². The molecule has 5 heavy (non-hydrogen) atoms. The van der Waals surface area contributed by atoms with E-state index >= 15 is 0 Å². The van der Waals surface area contributed by atoms with Gasteiger partial charge in [0, 0.05) is 0 Å². The summed E-state index contributed by atoms with van der Waals surface area (Å²) in [6.45, 7) is 3.19. The first-order valence-electron chi connectivity index (χ1n) is 1.22. The molecule has 0 amide bonds. The van der Waals surface area contributed by atoms with Gasteiger partial charge in [0.25, 0.3) is 0 Å². The molecule has 0 bridgehead atoms. The monoisotopic (exact) mass is 71.0 g/mol. The topological polar surface area (TPSA) is 0 Å². The van der Waals surface area contributed by atoms with Crippen LogP contribution < -0.4 is 0 Å². The minimum atomic E-state index is 1.10. The Morgan fingerprint density at radius 1 is 1.80 bits per heavy atom. The second-order valence-electron chi connectivity index (χ2n) is 0.511. The van der Waals surface area contributed by atoms with Gasteiger partial charge in [0.05, 0.1) is 0 Å². The van der Waals surface area contributed by atoms with Gasteiger partial charge in [0.1, 0.15) is 0 Å². The zero-order valence-corrected chi connectivity index (χ0v) is 2.74. The molecule has 0 nitrogen and oxygen atoms in total. The Labute approximate surface area is 30.6 Å². The Morgan fingerprint density at radius 2 is 2.40 bits per heavy atom. The van der Waals surface area contributed by atoms with Gasteiger partial charge in [-0.15, -0.1) is 0 Å². The van der Waals surface area contributed by atoms with Crippen LogP contribution in [0, 0.1) is 6.33 Å². The van der Waals surface area contributed by atoms with Crippen LogP contribution >= 0.6 is 0 Å². The van der Waals surface area contributed by atoms with Gasteiger partial charge in [-0.1, -0.05) is 12.7 Å². The van der Waals surface area contributed by atoms with Crippen molar-refractivity contribution in [3.63, 3.8) is 0 Å². The largest absolute Gasteiger partial charge is 0.204 e. The molecule has 0 N–H and O–H groups in total. The van der Waals surface area contributed by atoms with Gasteiger partial charge in [-0.3, -0.25) is 0 Å². The van der Waals surface area contributed by atoms with Gasteiger partial charge in [-0.2, -0.15) is 0 Å². The molecular weight excluding hydrogens is 67.0 g/mol. The fraction of sp³-hybridized carbons (Fsp3) is 0. The van der Waals surface area contributed by atoms with Crippen LogP contribution in [-0.4, -0.2) is 0 Å². The van der Waals surface area contributed by atoms with Crippen molar-refractivity contribution in [2.45, 2.75) is 0 Å². The van der Waals surface area contributed by atoms with Crippen LogP contribution in [-0.2, 0) is 0 Å². The standard InChI is InChI=1S/C4H4F/c1-2-3-4-5/h2-3H,1H2. The summed E-state index contributed by atoms with van der Waals surface area (Å²) in [5.41, 5.74) is 0. The normalized spacial score (nSPS) is 9.00. The van der Waals surface area contributed by atoms with Gasteiger partial charge < -0.3 is 0 Å². The molecular formula is C4H4F. The highest BCUT2D eigenvalue weighted by Crippen LogP contribution is 1.66. The summed E-state index contributed by atoms with van der Waals surface area (Å²) in [5, 5.41) is 0. The first-order valence-corrected chi connectivity index (χ1v) is 1.22. The van der Waals surface area contributed by atoms with Crippen LogP contribution in [0.15, 0.2) is 18.7 Å². The molecule has 0 spiro atoms. The predicted octanol–water partition coefficient (Wildman–Crippen LogP) is 1.46. The van der Waals surface area contributed by atoms with E-state index in [0.29, 0.717) is 0 Å². The number of allylic oxidation sites excluding steroid dienone is 2. The van der Waals surface area contributed by atoms with Crippen molar-refractivity contribution in [2.75, 3.05) is 0 Å². The lowest BCUT2D eigenvalue weighted by Gasteiger charge is -1.50. The van der Waals surface area contributed by atoms with Crippen LogP contribution in [0.3, 0.4) is 0 Å². The molecule has 0 fully saturated rings. The summed E-state index contributed by atoms with van der Waals surface area (Å²) in [7, 11) is 0. The molecule has 0 heterocycles. The fourth-order valence-electron chi connectivity index (χ4n) is 0.0445. The van der Waals surface area contributed by atoms with Crippen molar-refractivity contribution in [3.05, 3.63) is 25.1 Å². The first kappa shape index (κ1) is 4.41. The Kier molecular flexibility index (Phi) is 3.01. The minimum absolute atomic E-state index is 1.10. The van der Waals surface area contributed by atoms with E-state index in [4.69, 9.17) is 0 Å². The Hall–Kier alpha value is -0.590. The Balaban J connectivity index is 2.92. The zero-order valence-electron chi connectivity index (χ0n) is 2.74. The van der Waals surface area contributed by atoms with Crippen LogP contribution in [0.2, 0.25) is 0 Å². The molecule has 0 unspecified atom stereocenters. The third-order valence-corrected chi connectivity index (χ3v) is 0.181. The lowest BCUT2D eigenvalue weighted by atomic mass is 10.6. The Morgan fingerprint density at radius 3 is 2.40 bits per heavy atom. The SMILES string of the molecule is C=C/C=[C]\F. The summed E-state index contributed by atoms with van der Waals surface area (Å²) < 4.78 is 10.6. The van der Waals surface area contributed by atoms with Crippen LogP contribution in [0.25, 0.3) is 0 Å². The van der Waals surface area contributed by atoms with Gasteiger partial charge in [-0.25, -0.2) is 4.39 Å². The second kappa shape index (κ2) is 3.41. The van der Waals surface area contributed by atoms with E-state index in [2.05, 4.69) is 6.58 Å². The van der Waals surface area contributed by atoms with Crippen molar-refractivity contribution in [2.24, 2.45) is 0 Å². The highest BCUT2D eigenvalue weighted by Gasteiger charge is 1.48. The van der Waals surface area contributed by atoms with E-state index in [1.54, 1.807) is 0 Å². The highest BCUT2D eigenvalue weighted by molar-refractivity contribution is 4.88. The fourth-order valence-corrected chi connectivity index (χ4v) is 0.0445. The summed E-state index contributed by atoms with van der Waals surface area (Å²) in [4.78, 5) is 0. The summed E-state index contributed by atoms with van der Waals surface area (Å²) >= 11 is 0. The quantitative estimate of drug-likeness (QED) is 0.410. The van der Waals surface area contributed by atoms with Gasteiger partial charge in [0.15, 0.2) is 6.33 Å². The molecule has 1 heteroatoms. The third-order valence-electron chi connectivity index (χ3n) is 0.181. The van der Waals surface area contributed by atoms with E-state index in [-0.39, 0.29) is 0 Å². The first-order chi connectivity index (χ1) is 2.41. The van der Waals surface area contributed by atoms with Crippen molar-refractivity contribution < 1.29 is 4.39 Å². The highest BCUT2D eigenvalue weighted by atomic mass is 19.1. The molecule has 0 aliphatic heterocycles. The summed E-state index contributed by atoms with van der Waals surface area (Å²) in [6, 6.07) is 0. The van der Waals surface area contributed by atoms with Crippen molar-refractivity contribution in [1.82, 2.24) is 0 Å². The number of hydrogen-bond acceptors (Lipinski definition) is 0. The molecule has 27 valence electrons. The average Bonchev–Trinajstić information content (AvgIpc) is 1.41. The molecule has 0 aromatic carbocycles. The van der Waals surface area contributed by atoms with E-state index in [1.807, 2.05) is 0 Å². The van der Waals surface area contributed by atoms with E-state index in [1.165, 1.54) is 12.4 Å². The van der Waals surface area contributed by atoms with Crippen LogP contribution in [0.1, 0.15) is 0 Å². The zero-order chi connectivity index (χ0) is 4.12. The summed E-state index contributed by atoms with van der Waals surface area (Å²) in [6.07, 6.45) is 3.69. The van der Waals surface area contributed by atoms with Crippen molar-refractivity contribution in [1.29, 1.82) is 0 Å². The Bertz CT molecular complexity index is 45.6. The molecule has 0 atom stereocenters. The number of rotatable bonds is 1. The van der Waals surface area contributed by atoms with Gasteiger partial charge in [0.2, 0.25) is 0 Å². The molecule has 0 saturated heterocycles. The number of hydrogen-bond donors (Lipinski definition) is 0. The molecule has 0 aromatic heterocycles. The molecule has 0 saturated carbocycles. The van der Waals surface area contributed by atoms with E-state index < -0.39 is 0 Å². The van der Waals surface area contributed by atoms with Gasteiger partial charge >= 0.3 is 0 Å². The average molecular weight is 71.1 g/mol. The molecule has 0 aromatic rings. The molecule has 0 rings (SSSR count).